The van der Waals surface area contributed by atoms with Crippen LogP contribution in [0.3, 0.4) is 0 Å². The van der Waals surface area contributed by atoms with Crippen LogP contribution in [0.1, 0.15) is 36.9 Å². The third kappa shape index (κ3) is 2.48. The average Bonchev–Trinajstić information content (AvgIpc) is 3.00. The first-order valence-corrected chi connectivity index (χ1v) is 8.01. The maximum atomic E-state index is 4.75. The topological polar surface area (TPSA) is 30.2 Å². The lowest BCUT2D eigenvalue weighted by Crippen LogP contribution is -1.92. The molecule has 1 aromatic carbocycles. The minimum Gasteiger partial charge on any atom is -0.217 e. The van der Waals surface area contributed by atoms with Gasteiger partial charge in [0, 0.05) is 12.0 Å². The third-order valence-electron chi connectivity index (χ3n) is 3.51. The summed E-state index contributed by atoms with van der Waals surface area (Å²) in [5.74, 6) is 0. The molecular formula is C16H19N3S. The second kappa shape index (κ2) is 5.75. The van der Waals surface area contributed by atoms with Crippen molar-refractivity contribution in [1.82, 2.24) is 14.6 Å². The summed E-state index contributed by atoms with van der Waals surface area (Å²) in [6.45, 7) is 4.32. The van der Waals surface area contributed by atoms with Gasteiger partial charge in [-0.15, -0.1) is 0 Å². The lowest BCUT2D eigenvalue weighted by atomic mass is 10.1. The van der Waals surface area contributed by atoms with Crippen LogP contribution in [0.25, 0.3) is 16.2 Å². The van der Waals surface area contributed by atoms with E-state index < -0.39 is 0 Å². The molecule has 0 saturated heterocycles. The number of nitrogens with zero attached hydrogens (tertiary/aromatic N) is 3. The first-order valence-electron chi connectivity index (χ1n) is 7.20. The largest absolute Gasteiger partial charge is 0.217 e. The molecule has 0 aliphatic heterocycles. The molecule has 0 N–H and O–H groups in total. The number of fused-ring (bicyclic) bond motifs is 1. The highest BCUT2D eigenvalue weighted by Crippen LogP contribution is 2.26. The van der Waals surface area contributed by atoms with Crippen molar-refractivity contribution in [2.24, 2.45) is 0 Å². The van der Waals surface area contributed by atoms with E-state index in [1.165, 1.54) is 24.3 Å². The van der Waals surface area contributed by atoms with Crippen LogP contribution in [0, 0.1) is 6.92 Å². The van der Waals surface area contributed by atoms with Gasteiger partial charge in [-0.2, -0.15) is 5.10 Å². The zero-order valence-electron chi connectivity index (χ0n) is 12.0. The van der Waals surface area contributed by atoms with E-state index in [4.69, 9.17) is 10.1 Å². The molecule has 3 aromatic rings. The molecule has 0 saturated carbocycles. The number of imidazole rings is 1. The van der Waals surface area contributed by atoms with Crippen LogP contribution < -0.4 is 0 Å². The number of aromatic nitrogens is 3. The van der Waals surface area contributed by atoms with E-state index >= 15 is 0 Å². The maximum Gasteiger partial charge on any atom is 0.212 e. The van der Waals surface area contributed by atoms with Gasteiger partial charge in [-0.3, -0.25) is 0 Å². The van der Waals surface area contributed by atoms with Crippen LogP contribution in [0.15, 0.2) is 30.3 Å². The Morgan fingerprint density at radius 3 is 2.65 bits per heavy atom. The molecule has 0 aliphatic carbocycles. The Balaban J connectivity index is 1.91. The van der Waals surface area contributed by atoms with Crippen molar-refractivity contribution < 1.29 is 0 Å². The molecule has 0 unspecified atom stereocenters. The first kappa shape index (κ1) is 13.3. The van der Waals surface area contributed by atoms with E-state index in [1.54, 1.807) is 11.3 Å². The Hall–Kier alpha value is -1.68. The lowest BCUT2D eigenvalue weighted by Gasteiger charge is -1.98. The lowest BCUT2D eigenvalue weighted by molar-refractivity contribution is 0.705. The quantitative estimate of drug-likeness (QED) is 0.646. The van der Waals surface area contributed by atoms with Gasteiger partial charge in [0.2, 0.25) is 4.96 Å². The van der Waals surface area contributed by atoms with Gasteiger partial charge in [0.05, 0.1) is 11.4 Å². The molecule has 0 radical (unpaired) electrons. The molecule has 3 rings (SSSR count). The standard InChI is InChI=1S/C16H19N3S/c1-3-4-6-11-14-18-19-12(2)15(17-16(19)20-14)13-9-7-5-8-10-13/h5,7-10H,3-4,6,11H2,1-2H3. The zero-order chi connectivity index (χ0) is 13.9. The van der Waals surface area contributed by atoms with Crippen molar-refractivity contribution in [3.05, 3.63) is 41.0 Å². The van der Waals surface area contributed by atoms with Crippen molar-refractivity contribution >= 4 is 16.3 Å². The smallest absolute Gasteiger partial charge is 0.212 e. The van der Waals surface area contributed by atoms with Gasteiger partial charge in [-0.25, -0.2) is 9.50 Å². The second-order valence-electron chi connectivity index (χ2n) is 5.06. The van der Waals surface area contributed by atoms with Crippen LogP contribution in [0.5, 0.6) is 0 Å². The summed E-state index contributed by atoms with van der Waals surface area (Å²) in [6, 6.07) is 10.3. The molecule has 4 heteroatoms. The van der Waals surface area contributed by atoms with Crippen LogP contribution in [0.2, 0.25) is 0 Å². The Morgan fingerprint density at radius 2 is 1.95 bits per heavy atom. The van der Waals surface area contributed by atoms with Crippen LogP contribution in [0.4, 0.5) is 0 Å². The van der Waals surface area contributed by atoms with E-state index in [2.05, 4.69) is 26.0 Å². The van der Waals surface area contributed by atoms with Gasteiger partial charge in [-0.05, 0) is 13.3 Å². The molecule has 20 heavy (non-hydrogen) atoms. The molecule has 0 atom stereocenters. The van der Waals surface area contributed by atoms with Gasteiger partial charge < -0.3 is 0 Å². The normalized spacial score (nSPS) is 11.3. The fraction of sp³-hybridized carbons (Fsp3) is 0.375. The van der Waals surface area contributed by atoms with Gasteiger partial charge in [0.15, 0.2) is 0 Å². The van der Waals surface area contributed by atoms with Crippen molar-refractivity contribution in [2.45, 2.75) is 39.5 Å². The van der Waals surface area contributed by atoms with Crippen LogP contribution in [-0.2, 0) is 6.42 Å². The van der Waals surface area contributed by atoms with Crippen molar-refractivity contribution in [3.8, 4) is 11.3 Å². The maximum absolute atomic E-state index is 4.75. The fourth-order valence-electron chi connectivity index (χ4n) is 2.39. The van der Waals surface area contributed by atoms with E-state index in [0.29, 0.717) is 0 Å². The van der Waals surface area contributed by atoms with E-state index in [1.807, 2.05) is 22.7 Å². The number of hydrogen-bond donors (Lipinski definition) is 0. The predicted octanol–water partition coefficient (Wildman–Crippen LogP) is 4.50. The predicted molar refractivity (Wildman–Crippen MR) is 84.3 cm³/mol. The SMILES string of the molecule is CCCCCc1nn2c(C)c(-c3ccccc3)nc2s1. The van der Waals surface area contributed by atoms with E-state index in [-0.39, 0.29) is 0 Å². The first-order chi connectivity index (χ1) is 9.79. The summed E-state index contributed by atoms with van der Waals surface area (Å²) in [7, 11) is 0. The van der Waals surface area contributed by atoms with Crippen molar-refractivity contribution in [3.63, 3.8) is 0 Å². The number of rotatable bonds is 5. The van der Waals surface area contributed by atoms with Crippen LogP contribution in [-0.4, -0.2) is 14.6 Å². The highest BCUT2D eigenvalue weighted by atomic mass is 32.1. The summed E-state index contributed by atoms with van der Waals surface area (Å²) < 4.78 is 1.99. The molecule has 2 aromatic heterocycles. The van der Waals surface area contributed by atoms with Gasteiger partial charge >= 0.3 is 0 Å². The number of hydrogen-bond acceptors (Lipinski definition) is 3. The number of aryl methyl sites for hydroxylation is 2. The number of benzene rings is 1. The summed E-state index contributed by atoms with van der Waals surface area (Å²) in [6.07, 6.45) is 4.82. The molecule has 0 aliphatic rings. The molecule has 0 fully saturated rings. The van der Waals surface area contributed by atoms with Crippen molar-refractivity contribution in [2.75, 3.05) is 0 Å². The zero-order valence-corrected chi connectivity index (χ0v) is 12.8. The molecule has 0 spiro atoms. The van der Waals surface area contributed by atoms with Gasteiger partial charge in [-0.1, -0.05) is 61.4 Å². The molecule has 2 heterocycles. The monoisotopic (exact) mass is 285 g/mol. The Kier molecular flexibility index (Phi) is 3.83. The highest BCUT2D eigenvalue weighted by molar-refractivity contribution is 7.16. The number of unbranched alkanes of at least 4 members (excludes halogenated alkanes) is 2. The van der Waals surface area contributed by atoms with Crippen LogP contribution >= 0.6 is 11.3 Å². The summed E-state index contributed by atoms with van der Waals surface area (Å²) in [5.41, 5.74) is 3.34. The summed E-state index contributed by atoms with van der Waals surface area (Å²) in [5, 5.41) is 5.90. The molecule has 0 bridgehead atoms. The Bertz CT molecular complexity index is 697. The summed E-state index contributed by atoms with van der Waals surface area (Å²) >= 11 is 1.72. The third-order valence-corrected chi connectivity index (χ3v) is 4.48. The summed E-state index contributed by atoms with van der Waals surface area (Å²) in [4.78, 5) is 5.76. The van der Waals surface area contributed by atoms with Gasteiger partial charge in [0.1, 0.15) is 5.01 Å². The molecule has 0 amide bonds. The minimum absolute atomic E-state index is 1.01. The second-order valence-corrected chi connectivity index (χ2v) is 6.10. The van der Waals surface area contributed by atoms with Crippen molar-refractivity contribution in [1.29, 1.82) is 0 Å². The van der Waals surface area contributed by atoms with Gasteiger partial charge in [0.25, 0.3) is 0 Å². The highest BCUT2D eigenvalue weighted by Gasteiger charge is 2.14. The fourth-order valence-corrected chi connectivity index (χ4v) is 3.37. The Labute approximate surface area is 123 Å². The average molecular weight is 285 g/mol. The molecule has 3 nitrogen and oxygen atoms in total. The molecule has 104 valence electrons. The Morgan fingerprint density at radius 1 is 1.15 bits per heavy atom. The van der Waals surface area contributed by atoms with E-state index in [0.717, 1.165) is 28.3 Å². The molecular weight excluding hydrogens is 266 g/mol. The van der Waals surface area contributed by atoms with E-state index in [9.17, 15) is 0 Å². The minimum atomic E-state index is 1.01.